The standard InChI is InChI=1S/C16H22N2O3Si/c1-18-13-8-6-5-7-12(13)16(14(18)19)9-11(10-22(2,3)4)21-15(20)17-16/h5-8,11H,9-10H2,1-4H3,(H,17,20)/t11-,16+/m0/s1. The zero-order chi connectivity index (χ0) is 16.1. The van der Waals surface area contributed by atoms with Gasteiger partial charge < -0.3 is 15.0 Å². The van der Waals surface area contributed by atoms with Gasteiger partial charge in [-0.05, 0) is 12.1 Å². The number of amides is 2. The third-order valence-corrected chi connectivity index (χ3v) is 6.04. The maximum absolute atomic E-state index is 12.9. The van der Waals surface area contributed by atoms with Gasteiger partial charge in [-0.1, -0.05) is 37.8 Å². The van der Waals surface area contributed by atoms with Crippen molar-refractivity contribution in [2.75, 3.05) is 11.9 Å². The summed E-state index contributed by atoms with van der Waals surface area (Å²) >= 11 is 0. The molecule has 118 valence electrons. The summed E-state index contributed by atoms with van der Waals surface area (Å²) in [6.07, 6.45) is -0.194. The fraction of sp³-hybridized carbons (Fsp3) is 0.500. The lowest BCUT2D eigenvalue weighted by Gasteiger charge is -2.39. The van der Waals surface area contributed by atoms with Crippen LogP contribution < -0.4 is 10.2 Å². The van der Waals surface area contributed by atoms with Crippen LogP contribution in [-0.2, 0) is 15.1 Å². The normalized spacial score (nSPS) is 27.6. The van der Waals surface area contributed by atoms with Crippen molar-refractivity contribution < 1.29 is 14.3 Å². The summed E-state index contributed by atoms with van der Waals surface area (Å²) in [4.78, 5) is 26.6. The average molecular weight is 318 g/mol. The number of likely N-dealkylation sites (N-methyl/N-ethyl adjacent to an activating group) is 1. The molecule has 0 unspecified atom stereocenters. The molecule has 2 atom stereocenters. The van der Waals surface area contributed by atoms with Crippen LogP contribution in [0.3, 0.4) is 0 Å². The van der Waals surface area contributed by atoms with Gasteiger partial charge >= 0.3 is 6.09 Å². The molecule has 1 saturated heterocycles. The van der Waals surface area contributed by atoms with Crippen molar-refractivity contribution in [2.24, 2.45) is 0 Å². The molecule has 1 N–H and O–H groups in total. The van der Waals surface area contributed by atoms with Crippen molar-refractivity contribution >= 4 is 25.8 Å². The molecule has 22 heavy (non-hydrogen) atoms. The Balaban J connectivity index is 2.01. The molecule has 1 spiro atoms. The Morgan fingerprint density at radius 1 is 1.32 bits per heavy atom. The number of nitrogens with zero attached hydrogens (tertiary/aromatic N) is 1. The van der Waals surface area contributed by atoms with Crippen LogP contribution in [0.2, 0.25) is 25.7 Å². The van der Waals surface area contributed by atoms with Gasteiger partial charge in [-0.25, -0.2) is 4.79 Å². The van der Waals surface area contributed by atoms with Gasteiger partial charge in [0.25, 0.3) is 5.91 Å². The number of carbonyl (C=O) groups excluding carboxylic acids is 2. The summed E-state index contributed by atoms with van der Waals surface area (Å²) in [6.45, 7) is 6.73. The van der Waals surface area contributed by atoms with Crippen molar-refractivity contribution in [3.8, 4) is 0 Å². The number of carbonyl (C=O) groups is 2. The maximum atomic E-state index is 12.9. The van der Waals surface area contributed by atoms with Gasteiger partial charge in [0.15, 0.2) is 5.54 Å². The minimum atomic E-state index is -1.40. The average Bonchev–Trinajstić information content (AvgIpc) is 2.60. The zero-order valence-corrected chi connectivity index (χ0v) is 14.5. The molecular formula is C16H22N2O3Si. The summed E-state index contributed by atoms with van der Waals surface area (Å²) < 4.78 is 5.46. The molecule has 0 radical (unpaired) electrons. The minimum absolute atomic E-state index is 0.0778. The van der Waals surface area contributed by atoms with Gasteiger partial charge in [0, 0.05) is 32.8 Å². The number of hydrogen-bond donors (Lipinski definition) is 1. The van der Waals surface area contributed by atoms with Crippen LogP contribution in [0.4, 0.5) is 10.5 Å². The van der Waals surface area contributed by atoms with Crippen LogP contribution in [0.15, 0.2) is 24.3 Å². The number of para-hydroxylation sites is 1. The molecule has 2 heterocycles. The van der Waals surface area contributed by atoms with E-state index in [0.29, 0.717) is 6.42 Å². The van der Waals surface area contributed by atoms with Crippen molar-refractivity contribution in [3.63, 3.8) is 0 Å². The van der Waals surface area contributed by atoms with Gasteiger partial charge in [0.1, 0.15) is 6.10 Å². The van der Waals surface area contributed by atoms with E-state index in [0.717, 1.165) is 17.3 Å². The van der Waals surface area contributed by atoms with Crippen molar-refractivity contribution in [1.29, 1.82) is 0 Å². The lowest BCUT2D eigenvalue weighted by molar-refractivity contribution is -0.126. The first-order valence-corrected chi connectivity index (χ1v) is 11.3. The van der Waals surface area contributed by atoms with Gasteiger partial charge in [0.2, 0.25) is 0 Å². The van der Waals surface area contributed by atoms with Crippen LogP contribution in [0, 0.1) is 0 Å². The monoisotopic (exact) mass is 318 g/mol. The first-order valence-electron chi connectivity index (χ1n) is 7.59. The third-order valence-electron chi connectivity index (χ3n) is 4.36. The van der Waals surface area contributed by atoms with E-state index < -0.39 is 19.7 Å². The van der Waals surface area contributed by atoms with E-state index in [1.165, 1.54) is 0 Å². The molecule has 0 bridgehead atoms. The predicted octanol–water partition coefficient (Wildman–Crippen LogP) is 2.70. The molecule has 3 rings (SSSR count). The highest BCUT2D eigenvalue weighted by Crippen LogP contribution is 2.44. The van der Waals surface area contributed by atoms with Crippen LogP contribution in [0.25, 0.3) is 0 Å². The van der Waals surface area contributed by atoms with Crippen molar-refractivity contribution in [1.82, 2.24) is 5.32 Å². The number of ether oxygens (including phenoxy) is 1. The van der Waals surface area contributed by atoms with Gasteiger partial charge in [-0.3, -0.25) is 4.79 Å². The first kappa shape index (κ1) is 15.1. The SMILES string of the molecule is CN1C(=O)[C@@]2(C[C@@H](C[Si](C)(C)C)OC(=O)N2)c2ccccc21. The van der Waals surface area contributed by atoms with E-state index in [1.54, 1.807) is 11.9 Å². The molecule has 1 aromatic rings. The van der Waals surface area contributed by atoms with E-state index in [1.807, 2.05) is 24.3 Å². The summed E-state index contributed by atoms with van der Waals surface area (Å²) in [6, 6.07) is 8.51. The number of cyclic esters (lactones) is 1. The highest BCUT2D eigenvalue weighted by Gasteiger charge is 2.55. The van der Waals surface area contributed by atoms with E-state index in [9.17, 15) is 9.59 Å². The van der Waals surface area contributed by atoms with Gasteiger partial charge in [0.05, 0.1) is 0 Å². The predicted molar refractivity (Wildman–Crippen MR) is 87.7 cm³/mol. The number of rotatable bonds is 2. The summed E-state index contributed by atoms with van der Waals surface area (Å²) in [5, 5.41) is 2.81. The zero-order valence-electron chi connectivity index (χ0n) is 13.5. The number of anilines is 1. The number of alkyl carbamates (subject to hydrolysis) is 1. The quantitative estimate of drug-likeness (QED) is 0.853. The highest BCUT2D eigenvalue weighted by atomic mass is 28.3. The van der Waals surface area contributed by atoms with Crippen LogP contribution in [-0.4, -0.2) is 33.2 Å². The Bertz CT molecular complexity index is 641. The van der Waals surface area contributed by atoms with Crippen LogP contribution >= 0.6 is 0 Å². The maximum Gasteiger partial charge on any atom is 0.408 e. The largest absolute Gasteiger partial charge is 0.446 e. The lowest BCUT2D eigenvalue weighted by Crippen LogP contribution is -2.59. The molecular weight excluding hydrogens is 296 g/mol. The number of fused-ring (bicyclic) bond motifs is 2. The molecule has 2 amide bonds. The fourth-order valence-electron chi connectivity index (χ4n) is 3.54. The van der Waals surface area contributed by atoms with Crippen LogP contribution in [0.1, 0.15) is 12.0 Å². The molecule has 0 saturated carbocycles. The topological polar surface area (TPSA) is 58.6 Å². The van der Waals surface area contributed by atoms with E-state index in [2.05, 4.69) is 25.0 Å². The summed E-state index contributed by atoms with van der Waals surface area (Å²) in [5.74, 6) is -0.0778. The molecule has 2 aliphatic heterocycles. The molecule has 0 aromatic heterocycles. The number of nitrogens with one attached hydrogen (secondary N) is 1. The first-order chi connectivity index (χ1) is 10.2. The molecule has 6 heteroatoms. The molecule has 5 nitrogen and oxygen atoms in total. The van der Waals surface area contributed by atoms with Gasteiger partial charge in [-0.2, -0.15) is 0 Å². The second-order valence-corrected chi connectivity index (χ2v) is 12.9. The molecule has 0 aliphatic carbocycles. The van der Waals surface area contributed by atoms with E-state index in [4.69, 9.17) is 4.74 Å². The highest BCUT2D eigenvalue weighted by molar-refractivity contribution is 6.76. The minimum Gasteiger partial charge on any atom is -0.446 e. The smallest absolute Gasteiger partial charge is 0.408 e. The lowest BCUT2D eigenvalue weighted by atomic mass is 9.85. The number of hydrogen-bond acceptors (Lipinski definition) is 3. The van der Waals surface area contributed by atoms with Gasteiger partial charge in [-0.15, -0.1) is 0 Å². The fourth-order valence-corrected chi connectivity index (χ4v) is 5.14. The number of benzene rings is 1. The Hall–Kier alpha value is -1.82. The molecule has 2 aliphatic rings. The Morgan fingerprint density at radius 3 is 2.68 bits per heavy atom. The Morgan fingerprint density at radius 2 is 2.00 bits per heavy atom. The summed E-state index contributed by atoms with van der Waals surface area (Å²) in [5.41, 5.74) is 0.770. The van der Waals surface area contributed by atoms with Crippen molar-refractivity contribution in [3.05, 3.63) is 29.8 Å². The van der Waals surface area contributed by atoms with Crippen molar-refractivity contribution in [2.45, 2.75) is 43.7 Å². The second-order valence-electron chi connectivity index (χ2n) is 7.41. The van der Waals surface area contributed by atoms with E-state index >= 15 is 0 Å². The Kier molecular flexibility index (Phi) is 3.32. The summed E-state index contributed by atoms with van der Waals surface area (Å²) in [7, 11) is 0.353. The van der Waals surface area contributed by atoms with E-state index in [-0.39, 0.29) is 12.0 Å². The third kappa shape index (κ3) is 2.31. The second kappa shape index (κ2) is 4.84. The Labute approximate surface area is 131 Å². The molecule has 1 aromatic carbocycles. The molecule has 1 fully saturated rings. The van der Waals surface area contributed by atoms with Crippen LogP contribution in [0.5, 0.6) is 0 Å².